The minimum absolute atomic E-state index is 0.625. The summed E-state index contributed by atoms with van der Waals surface area (Å²) in [6, 6.07) is 12.0. The zero-order valence-electron chi connectivity index (χ0n) is 10.7. The number of benzene rings is 2. The first-order chi connectivity index (χ1) is 9.18. The number of fused-ring (bicyclic) bond motifs is 1. The van der Waals surface area contributed by atoms with E-state index in [0.29, 0.717) is 6.61 Å². The summed E-state index contributed by atoms with van der Waals surface area (Å²) in [6.07, 6.45) is 0.306. The van der Waals surface area contributed by atoms with Crippen LogP contribution >= 0.6 is 22.6 Å². The van der Waals surface area contributed by atoms with Gasteiger partial charge in [-0.1, -0.05) is 36.4 Å². The van der Waals surface area contributed by atoms with E-state index in [0.717, 1.165) is 26.9 Å². The Labute approximate surface area is 126 Å². The van der Waals surface area contributed by atoms with Crippen molar-refractivity contribution in [2.45, 2.75) is 19.4 Å². The third kappa shape index (κ3) is 2.25. The number of aliphatic hydroxyl groups is 1. The normalized spacial score (nSPS) is 14.9. The highest BCUT2D eigenvalue weighted by Gasteiger charge is 2.23. The smallest absolute Gasteiger partial charge is 0.128 e. The Morgan fingerprint density at radius 1 is 1.16 bits per heavy atom. The number of aryl methyl sites for hydroxylation is 1. The Balaban J connectivity index is 2.08. The molecular formula is C16H15IO2. The number of halogens is 1. The Morgan fingerprint density at radius 2 is 1.89 bits per heavy atom. The molecule has 2 aromatic carbocycles. The number of aliphatic hydroxyl groups excluding tert-OH is 1. The van der Waals surface area contributed by atoms with E-state index in [1.807, 2.05) is 24.3 Å². The third-order valence-electron chi connectivity index (χ3n) is 3.56. The SMILES string of the molecule is Cc1cccc(C(O)c2cccc3c2OCC3)c1I. The van der Waals surface area contributed by atoms with Crippen LogP contribution in [0.25, 0.3) is 0 Å². The van der Waals surface area contributed by atoms with Gasteiger partial charge in [0, 0.05) is 15.6 Å². The van der Waals surface area contributed by atoms with E-state index < -0.39 is 6.10 Å². The fourth-order valence-corrected chi connectivity index (χ4v) is 3.16. The quantitative estimate of drug-likeness (QED) is 0.823. The highest BCUT2D eigenvalue weighted by atomic mass is 127. The molecule has 0 fully saturated rings. The highest BCUT2D eigenvalue weighted by molar-refractivity contribution is 14.1. The van der Waals surface area contributed by atoms with Gasteiger partial charge < -0.3 is 9.84 Å². The minimum Gasteiger partial charge on any atom is -0.493 e. The van der Waals surface area contributed by atoms with Crippen LogP contribution in [0.2, 0.25) is 0 Å². The first-order valence-electron chi connectivity index (χ1n) is 6.36. The maximum absolute atomic E-state index is 10.7. The van der Waals surface area contributed by atoms with Crippen LogP contribution in [0.3, 0.4) is 0 Å². The molecule has 0 radical (unpaired) electrons. The molecule has 0 saturated carbocycles. The summed E-state index contributed by atoms with van der Waals surface area (Å²) in [7, 11) is 0. The van der Waals surface area contributed by atoms with Crippen LogP contribution in [0.1, 0.15) is 28.4 Å². The number of hydrogen-bond donors (Lipinski definition) is 1. The third-order valence-corrected chi connectivity index (χ3v) is 5.03. The lowest BCUT2D eigenvalue weighted by Gasteiger charge is -2.17. The Hall–Kier alpha value is -1.07. The topological polar surface area (TPSA) is 29.5 Å². The van der Waals surface area contributed by atoms with Crippen LogP contribution in [0, 0.1) is 10.5 Å². The molecule has 1 atom stereocenters. The van der Waals surface area contributed by atoms with E-state index in [1.54, 1.807) is 0 Å². The second-order valence-electron chi connectivity index (χ2n) is 4.81. The molecule has 0 aromatic heterocycles. The molecule has 0 saturated heterocycles. The maximum atomic E-state index is 10.7. The fraction of sp³-hybridized carbons (Fsp3) is 0.250. The number of ether oxygens (including phenoxy) is 1. The molecule has 1 unspecified atom stereocenters. The molecule has 0 amide bonds. The van der Waals surface area contributed by atoms with Crippen molar-refractivity contribution in [3.05, 3.63) is 62.2 Å². The van der Waals surface area contributed by atoms with Crippen molar-refractivity contribution in [3.8, 4) is 5.75 Å². The predicted octanol–water partition coefficient (Wildman–Crippen LogP) is 3.62. The van der Waals surface area contributed by atoms with Crippen LogP contribution in [-0.2, 0) is 6.42 Å². The second-order valence-corrected chi connectivity index (χ2v) is 5.89. The Kier molecular flexibility index (Phi) is 3.50. The van der Waals surface area contributed by atoms with Gasteiger partial charge in [-0.3, -0.25) is 0 Å². The van der Waals surface area contributed by atoms with Crippen molar-refractivity contribution in [3.63, 3.8) is 0 Å². The van der Waals surface area contributed by atoms with Gasteiger partial charge in [0.1, 0.15) is 11.9 Å². The molecule has 0 aliphatic carbocycles. The van der Waals surface area contributed by atoms with Crippen molar-refractivity contribution in [1.82, 2.24) is 0 Å². The molecule has 3 heteroatoms. The second kappa shape index (κ2) is 5.13. The molecule has 0 bridgehead atoms. The molecule has 1 aliphatic rings. The summed E-state index contributed by atoms with van der Waals surface area (Å²) < 4.78 is 6.79. The standard InChI is InChI=1S/C16H15IO2/c1-10-4-2-6-12(14(10)17)15(18)13-7-3-5-11-8-9-19-16(11)13/h2-7,15,18H,8-9H2,1H3. The van der Waals surface area contributed by atoms with E-state index in [-0.39, 0.29) is 0 Å². The van der Waals surface area contributed by atoms with Gasteiger partial charge in [0.2, 0.25) is 0 Å². The van der Waals surface area contributed by atoms with Gasteiger partial charge in [-0.05, 0) is 46.2 Å². The summed E-state index contributed by atoms with van der Waals surface area (Å²) in [5.41, 5.74) is 4.20. The van der Waals surface area contributed by atoms with Crippen molar-refractivity contribution < 1.29 is 9.84 Å². The zero-order chi connectivity index (χ0) is 13.4. The molecule has 1 N–H and O–H groups in total. The van der Waals surface area contributed by atoms with E-state index in [1.165, 1.54) is 11.1 Å². The van der Waals surface area contributed by atoms with Crippen molar-refractivity contribution in [2.24, 2.45) is 0 Å². The average molecular weight is 366 g/mol. The lowest BCUT2D eigenvalue weighted by molar-refractivity contribution is 0.213. The molecule has 0 spiro atoms. The van der Waals surface area contributed by atoms with Gasteiger partial charge >= 0.3 is 0 Å². The van der Waals surface area contributed by atoms with Gasteiger partial charge in [-0.2, -0.15) is 0 Å². The van der Waals surface area contributed by atoms with Crippen LogP contribution in [0.4, 0.5) is 0 Å². The van der Waals surface area contributed by atoms with Gasteiger partial charge in [0.05, 0.1) is 6.61 Å². The zero-order valence-corrected chi connectivity index (χ0v) is 12.8. The van der Waals surface area contributed by atoms with Gasteiger partial charge in [0.15, 0.2) is 0 Å². The van der Waals surface area contributed by atoms with Crippen molar-refractivity contribution >= 4 is 22.6 Å². The minimum atomic E-state index is -0.625. The van der Waals surface area contributed by atoms with Gasteiger partial charge in [0.25, 0.3) is 0 Å². The summed E-state index contributed by atoms with van der Waals surface area (Å²) >= 11 is 2.29. The van der Waals surface area contributed by atoms with Gasteiger partial charge in [-0.25, -0.2) is 0 Å². The summed E-state index contributed by atoms with van der Waals surface area (Å²) in [5.74, 6) is 0.868. The molecule has 1 heterocycles. The van der Waals surface area contributed by atoms with Crippen LogP contribution < -0.4 is 4.74 Å². The Morgan fingerprint density at radius 3 is 2.74 bits per heavy atom. The molecular weight excluding hydrogens is 351 g/mol. The number of para-hydroxylation sites is 1. The van der Waals surface area contributed by atoms with E-state index in [2.05, 4.69) is 41.6 Å². The van der Waals surface area contributed by atoms with E-state index in [9.17, 15) is 5.11 Å². The summed E-state index contributed by atoms with van der Waals surface area (Å²) in [6.45, 7) is 2.77. The van der Waals surface area contributed by atoms with Crippen molar-refractivity contribution in [2.75, 3.05) is 6.61 Å². The van der Waals surface area contributed by atoms with Crippen molar-refractivity contribution in [1.29, 1.82) is 0 Å². The largest absolute Gasteiger partial charge is 0.493 e. The van der Waals surface area contributed by atoms with E-state index >= 15 is 0 Å². The molecule has 2 nitrogen and oxygen atoms in total. The van der Waals surface area contributed by atoms with Gasteiger partial charge in [-0.15, -0.1) is 0 Å². The molecule has 2 aromatic rings. The lowest BCUT2D eigenvalue weighted by atomic mass is 9.97. The van der Waals surface area contributed by atoms with Crippen LogP contribution in [0.5, 0.6) is 5.75 Å². The molecule has 19 heavy (non-hydrogen) atoms. The Bertz CT molecular complexity index is 622. The monoisotopic (exact) mass is 366 g/mol. The molecule has 3 rings (SSSR count). The molecule has 1 aliphatic heterocycles. The maximum Gasteiger partial charge on any atom is 0.128 e. The summed E-state index contributed by atoms with van der Waals surface area (Å²) in [4.78, 5) is 0. The fourth-order valence-electron chi connectivity index (χ4n) is 2.50. The number of rotatable bonds is 2. The summed E-state index contributed by atoms with van der Waals surface area (Å²) in [5, 5.41) is 10.7. The molecule has 98 valence electrons. The van der Waals surface area contributed by atoms with E-state index in [4.69, 9.17) is 4.74 Å². The average Bonchev–Trinajstić information content (AvgIpc) is 2.89. The highest BCUT2D eigenvalue weighted by Crippen LogP contribution is 2.37. The predicted molar refractivity (Wildman–Crippen MR) is 83.6 cm³/mol. The first-order valence-corrected chi connectivity index (χ1v) is 7.44. The number of hydrogen-bond acceptors (Lipinski definition) is 2. The lowest BCUT2D eigenvalue weighted by Crippen LogP contribution is -2.05. The first kappa shape index (κ1) is 12.9. The van der Waals surface area contributed by atoms with Crippen LogP contribution in [-0.4, -0.2) is 11.7 Å². The van der Waals surface area contributed by atoms with Crippen LogP contribution in [0.15, 0.2) is 36.4 Å².